The van der Waals surface area contributed by atoms with Gasteiger partial charge in [0.2, 0.25) is 0 Å². The van der Waals surface area contributed by atoms with Gasteiger partial charge in [0.1, 0.15) is 12.3 Å². The molecule has 1 atom stereocenters. The lowest BCUT2D eigenvalue weighted by Crippen LogP contribution is -2.47. The van der Waals surface area contributed by atoms with E-state index in [0.29, 0.717) is 36.9 Å². The lowest BCUT2D eigenvalue weighted by molar-refractivity contribution is -0.133. The number of carbonyl (C=O) groups excluding carboxylic acids is 2. The van der Waals surface area contributed by atoms with Gasteiger partial charge in [0.05, 0.1) is 25.5 Å². The molecular weight excluding hydrogens is 444 g/mol. The van der Waals surface area contributed by atoms with Crippen molar-refractivity contribution >= 4 is 29.3 Å². The highest BCUT2D eigenvalue weighted by Gasteiger charge is 2.34. The molecule has 8 nitrogen and oxygen atoms in total. The molecule has 0 fully saturated rings. The summed E-state index contributed by atoms with van der Waals surface area (Å²) < 4.78 is 10.4. The fourth-order valence-corrected chi connectivity index (χ4v) is 3.74. The molecule has 9 heteroatoms. The highest BCUT2D eigenvalue weighted by Crippen LogP contribution is 2.34. The highest BCUT2D eigenvalue weighted by atomic mass is 35.5. The van der Waals surface area contributed by atoms with Crippen LogP contribution in [0.3, 0.4) is 0 Å². The molecular formula is C24H29ClN4O4. The molecule has 0 unspecified atom stereocenters. The van der Waals surface area contributed by atoms with Crippen molar-refractivity contribution < 1.29 is 19.1 Å². The van der Waals surface area contributed by atoms with Crippen molar-refractivity contribution in [3.63, 3.8) is 0 Å². The monoisotopic (exact) mass is 472 g/mol. The van der Waals surface area contributed by atoms with Crippen LogP contribution < -0.4 is 10.1 Å². The Morgan fingerprint density at radius 2 is 1.97 bits per heavy atom. The average molecular weight is 473 g/mol. The van der Waals surface area contributed by atoms with Crippen LogP contribution in [0.25, 0.3) is 0 Å². The third kappa shape index (κ3) is 6.24. The Labute approximate surface area is 199 Å². The van der Waals surface area contributed by atoms with E-state index in [4.69, 9.17) is 21.1 Å². The number of urea groups is 1. The van der Waals surface area contributed by atoms with Gasteiger partial charge in [-0.3, -0.25) is 4.79 Å². The second-order valence-corrected chi connectivity index (χ2v) is 7.97. The molecule has 0 aromatic heterocycles. The predicted octanol–water partition coefficient (Wildman–Crippen LogP) is 3.70. The van der Waals surface area contributed by atoms with E-state index in [-0.39, 0.29) is 24.5 Å². The first-order valence-corrected chi connectivity index (χ1v) is 11.2. The number of amides is 3. The Morgan fingerprint density at radius 3 is 2.64 bits per heavy atom. The maximum atomic E-state index is 13.4. The number of rotatable bonds is 9. The maximum Gasteiger partial charge on any atom is 0.317 e. The van der Waals surface area contributed by atoms with Crippen LogP contribution in [0, 0.1) is 0 Å². The third-order valence-corrected chi connectivity index (χ3v) is 5.58. The normalized spacial score (nSPS) is 15.2. The Balaban J connectivity index is 1.90. The number of hydrazone groups is 1. The molecule has 2 aromatic carbocycles. The summed E-state index contributed by atoms with van der Waals surface area (Å²) in [6, 6.07) is 14.3. The Morgan fingerprint density at radius 1 is 1.21 bits per heavy atom. The van der Waals surface area contributed by atoms with Crippen LogP contribution in [0.4, 0.5) is 4.79 Å². The van der Waals surface area contributed by atoms with Crippen LogP contribution in [0.15, 0.2) is 53.6 Å². The number of ether oxygens (including phenoxy) is 2. The molecule has 0 spiro atoms. The summed E-state index contributed by atoms with van der Waals surface area (Å²) in [4.78, 5) is 27.3. The smallest absolute Gasteiger partial charge is 0.317 e. The molecule has 0 bridgehead atoms. The fourth-order valence-electron chi connectivity index (χ4n) is 3.61. The SMILES string of the molecule is CCNC(=O)N(CCOC)CC(=O)N1N=C(c2cccc(OC)c2)C[C@H]1c1ccc(Cl)cc1. The quantitative estimate of drug-likeness (QED) is 0.603. The summed E-state index contributed by atoms with van der Waals surface area (Å²) in [5, 5.41) is 9.50. The standard InChI is InChI=1S/C24H29ClN4O4/c1-4-26-24(31)28(12-13-32-2)16-23(30)29-22(17-8-10-19(25)11-9-17)15-21(27-29)18-6-5-7-20(14-18)33-3/h5-11,14,22H,4,12-13,15-16H2,1-3H3,(H,26,31)/t22-/m0/s1. The number of hydrogen-bond acceptors (Lipinski definition) is 5. The summed E-state index contributed by atoms with van der Waals surface area (Å²) >= 11 is 6.07. The van der Waals surface area contributed by atoms with E-state index in [2.05, 4.69) is 10.4 Å². The largest absolute Gasteiger partial charge is 0.497 e. The van der Waals surface area contributed by atoms with Crippen LogP contribution in [0.2, 0.25) is 5.02 Å². The van der Waals surface area contributed by atoms with Gasteiger partial charge in [0, 0.05) is 37.2 Å². The van der Waals surface area contributed by atoms with E-state index >= 15 is 0 Å². The van der Waals surface area contributed by atoms with Gasteiger partial charge in [0.15, 0.2) is 0 Å². The first kappa shape index (κ1) is 24.5. The van der Waals surface area contributed by atoms with Gasteiger partial charge in [-0.25, -0.2) is 9.80 Å². The van der Waals surface area contributed by atoms with Crippen LogP contribution in [-0.2, 0) is 9.53 Å². The molecule has 3 amide bonds. The topological polar surface area (TPSA) is 83.5 Å². The van der Waals surface area contributed by atoms with Crippen molar-refractivity contribution in [1.82, 2.24) is 15.2 Å². The zero-order valence-corrected chi connectivity index (χ0v) is 19.8. The molecule has 0 radical (unpaired) electrons. The maximum absolute atomic E-state index is 13.4. The van der Waals surface area contributed by atoms with Gasteiger partial charge in [-0.15, -0.1) is 0 Å². The van der Waals surface area contributed by atoms with Crippen molar-refractivity contribution in [2.45, 2.75) is 19.4 Å². The Hall–Kier alpha value is -3.10. The first-order valence-electron chi connectivity index (χ1n) is 10.8. The molecule has 1 aliphatic heterocycles. The molecule has 0 saturated heterocycles. The van der Waals surface area contributed by atoms with Gasteiger partial charge >= 0.3 is 6.03 Å². The van der Waals surface area contributed by atoms with E-state index in [1.54, 1.807) is 26.4 Å². The number of hydrogen-bond donors (Lipinski definition) is 1. The van der Waals surface area contributed by atoms with Crippen LogP contribution >= 0.6 is 11.6 Å². The minimum Gasteiger partial charge on any atom is -0.497 e. The van der Waals surface area contributed by atoms with Crippen molar-refractivity contribution in [2.24, 2.45) is 5.10 Å². The van der Waals surface area contributed by atoms with Crippen molar-refractivity contribution in [2.75, 3.05) is 40.5 Å². The number of carbonyl (C=O) groups is 2. The fraction of sp³-hybridized carbons (Fsp3) is 0.375. The second-order valence-electron chi connectivity index (χ2n) is 7.54. The predicted molar refractivity (Wildman–Crippen MR) is 128 cm³/mol. The number of methoxy groups -OCH3 is 2. The molecule has 1 N–H and O–H groups in total. The van der Waals surface area contributed by atoms with Crippen molar-refractivity contribution in [1.29, 1.82) is 0 Å². The zero-order chi connectivity index (χ0) is 23.8. The summed E-state index contributed by atoms with van der Waals surface area (Å²) in [5.74, 6) is 0.431. The summed E-state index contributed by atoms with van der Waals surface area (Å²) in [6.07, 6.45) is 0.528. The van der Waals surface area contributed by atoms with E-state index in [1.165, 1.54) is 9.91 Å². The van der Waals surface area contributed by atoms with Gasteiger partial charge in [0.25, 0.3) is 5.91 Å². The van der Waals surface area contributed by atoms with E-state index < -0.39 is 0 Å². The van der Waals surface area contributed by atoms with Crippen LogP contribution in [0.5, 0.6) is 5.75 Å². The minimum absolute atomic E-state index is 0.117. The summed E-state index contributed by atoms with van der Waals surface area (Å²) in [5.41, 5.74) is 2.56. The molecule has 1 aliphatic rings. The third-order valence-electron chi connectivity index (χ3n) is 5.33. The molecule has 176 valence electrons. The molecule has 0 saturated carbocycles. The molecule has 33 heavy (non-hydrogen) atoms. The van der Waals surface area contributed by atoms with E-state index in [9.17, 15) is 9.59 Å². The first-order chi connectivity index (χ1) is 16.0. The number of halogens is 1. The van der Waals surface area contributed by atoms with Gasteiger partial charge in [-0.2, -0.15) is 5.10 Å². The Bertz CT molecular complexity index is 996. The Kier molecular flexibility index (Phi) is 8.68. The van der Waals surface area contributed by atoms with E-state index in [0.717, 1.165) is 16.8 Å². The lowest BCUT2D eigenvalue weighted by atomic mass is 9.98. The molecule has 1 heterocycles. The molecule has 2 aromatic rings. The highest BCUT2D eigenvalue weighted by molar-refractivity contribution is 6.30. The van der Waals surface area contributed by atoms with Crippen molar-refractivity contribution in [3.8, 4) is 5.75 Å². The minimum atomic E-state index is -0.317. The number of nitrogens with one attached hydrogen (secondary N) is 1. The van der Waals surface area contributed by atoms with E-state index in [1.807, 2.05) is 43.3 Å². The average Bonchev–Trinajstić information content (AvgIpc) is 3.28. The van der Waals surface area contributed by atoms with Crippen molar-refractivity contribution in [3.05, 3.63) is 64.7 Å². The van der Waals surface area contributed by atoms with Gasteiger partial charge < -0.3 is 19.7 Å². The second kappa shape index (κ2) is 11.7. The van der Waals surface area contributed by atoms with Gasteiger partial charge in [-0.05, 0) is 36.8 Å². The molecule has 0 aliphatic carbocycles. The zero-order valence-electron chi connectivity index (χ0n) is 19.1. The molecule has 3 rings (SSSR count). The van der Waals surface area contributed by atoms with Crippen LogP contribution in [0.1, 0.15) is 30.5 Å². The van der Waals surface area contributed by atoms with Gasteiger partial charge in [-0.1, -0.05) is 35.9 Å². The lowest BCUT2D eigenvalue weighted by Gasteiger charge is -2.27. The van der Waals surface area contributed by atoms with Crippen LogP contribution in [-0.4, -0.2) is 68.0 Å². The number of benzene rings is 2. The number of nitrogens with zero attached hydrogens (tertiary/aromatic N) is 3. The summed E-state index contributed by atoms with van der Waals surface area (Å²) in [6.45, 7) is 2.79. The summed E-state index contributed by atoms with van der Waals surface area (Å²) in [7, 11) is 3.16.